The lowest BCUT2D eigenvalue weighted by atomic mass is 10.3. The van der Waals surface area contributed by atoms with Crippen LogP contribution in [-0.2, 0) is 17.1 Å². The SMILES string of the molecule is Cc1cnc(Cl)c(NS(=O)(=O)c2c(C)nn(C)c2C)c1. The van der Waals surface area contributed by atoms with Gasteiger partial charge in [0.25, 0.3) is 10.0 Å². The number of aryl methyl sites for hydroxylation is 3. The van der Waals surface area contributed by atoms with Gasteiger partial charge in [-0.2, -0.15) is 5.10 Å². The summed E-state index contributed by atoms with van der Waals surface area (Å²) < 4.78 is 28.9. The molecule has 20 heavy (non-hydrogen) atoms. The number of pyridine rings is 1. The predicted octanol–water partition coefficient (Wildman–Crippen LogP) is 2.19. The van der Waals surface area contributed by atoms with Crippen LogP contribution in [0.3, 0.4) is 0 Å². The third-order valence-corrected chi connectivity index (χ3v) is 4.85. The molecule has 0 bridgehead atoms. The Hall–Kier alpha value is -1.60. The van der Waals surface area contributed by atoms with Crippen molar-refractivity contribution in [1.82, 2.24) is 14.8 Å². The van der Waals surface area contributed by atoms with Gasteiger partial charge in [-0.05, 0) is 32.4 Å². The zero-order valence-corrected chi connectivity index (χ0v) is 13.2. The van der Waals surface area contributed by atoms with Gasteiger partial charge in [0.1, 0.15) is 4.90 Å². The second-order valence-corrected chi connectivity index (χ2v) is 6.56. The van der Waals surface area contributed by atoms with Crippen LogP contribution in [0.25, 0.3) is 0 Å². The lowest BCUT2D eigenvalue weighted by Gasteiger charge is -2.10. The first-order chi connectivity index (χ1) is 9.22. The molecule has 0 aromatic carbocycles. The Labute approximate surface area is 122 Å². The fourth-order valence-corrected chi connectivity index (χ4v) is 3.67. The Morgan fingerprint density at radius 2 is 1.95 bits per heavy atom. The maximum atomic E-state index is 12.5. The van der Waals surface area contributed by atoms with Gasteiger partial charge in [-0.15, -0.1) is 0 Å². The Morgan fingerprint density at radius 3 is 2.50 bits per heavy atom. The summed E-state index contributed by atoms with van der Waals surface area (Å²) in [6.45, 7) is 5.16. The Morgan fingerprint density at radius 1 is 1.30 bits per heavy atom. The number of nitrogens with zero attached hydrogens (tertiary/aromatic N) is 3. The molecule has 2 heterocycles. The molecular weight excluding hydrogens is 300 g/mol. The van der Waals surface area contributed by atoms with E-state index >= 15 is 0 Å². The highest BCUT2D eigenvalue weighted by molar-refractivity contribution is 7.92. The highest BCUT2D eigenvalue weighted by Gasteiger charge is 2.24. The zero-order chi connectivity index (χ0) is 15.1. The summed E-state index contributed by atoms with van der Waals surface area (Å²) in [5.41, 5.74) is 2.07. The average molecular weight is 315 g/mol. The molecule has 0 aliphatic rings. The van der Waals surface area contributed by atoms with E-state index in [1.807, 2.05) is 6.92 Å². The van der Waals surface area contributed by atoms with Gasteiger partial charge in [-0.1, -0.05) is 11.6 Å². The summed E-state index contributed by atoms with van der Waals surface area (Å²) in [6.07, 6.45) is 1.57. The molecule has 6 nitrogen and oxygen atoms in total. The second kappa shape index (κ2) is 5.06. The fourth-order valence-electron chi connectivity index (χ4n) is 1.96. The molecule has 2 aromatic rings. The van der Waals surface area contributed by atoms with Gasteiger partial charge >= 0.3 is 0 Å². The van der Waals surface area contributed by atoms with Crippen molar-refractivity contribution >= 4 is 27.3 Å². The number of nitrogens with one attached hydrogen (secondary N) is 1. The molecule has 0 radical (unpaired) electrons. The van der Waals surface area contributed by atoms with E-state index in [2.05, 4.69) is 14.8 Å². The van der Waals surface area contributed by atoms with Gasteiger partial charge in [0.05, 0.1) is 17.1 Å². The van der Waals surface area contributed by atoms with Crippen molar-refractivity contribution < 1.29 is 8.42 Å². The summed E-state index contributed by atoms with van der Waals surface area (Å²) in [4.78, 5) is 4.09. The maximum absolute atomic E-state index is 12.5. The summed E-state index contributed by atoms with van der Waals surface area (Å²) in [6, 6.07) is 1.63. The number of hydrogen-bond donors (Lipinski definition) is 1. The third-order valence-electron chi connectivity index (χ3n) is 2.93. The number of halogens is 1. The number of anilines is 1. The first-order valence-electron chi connectivity index (χ1n) is 5.87. The molecule has 2 aromatic heterocycles. The van der Waals surface area contributed by atoms with E-state index in [1.54, 1.807) is 33.2 Å². The second-order valence-electron chi connectivity index (χ2n) is 4.58. The van der Waals surface area contributed by atoms with E-state index < -0.39 is 10.0 Å². The Balaban J connectivity index is 2.49. The smallest absolute Gasteiger partial charge is 0.265 e. The van der Waals surface area contributed by atoms with Crippen LogP contribution in [-0.4, -0.2) is 23.2 Å². The monoisotopic (exact) mass is 314 g/mol. The molecule has 0 saturated heterocycles. The van der Waals surface area contributed by atoms with E-state index in [-0.39, 0.29) is 15.7 Å². The minimum absolute atomic E-state index is 0.110. The maximum Gasteiger partial charge on any atom is 0.265 e. The summed E-state index contributed by atoms with van der Waals surface area (Å²) in [5.74, 6) is 0. The first kappa shape index (κ1) is 14.8. The van der Waals surface area contributed by atoms with Crippen LogP contribution < -0.4 is 4.72 Å². The van der Waals surface area contributed by atoms with Crippen molar-refractivity contribution in [2.24, 2.45) is 7.05 Å². The third kappa shape index (κ3) is 2.64. The van der Waals surface area contributed by atoms with Crippen LogP contribution in [0.2, 0.25) is 5.15 Å². The van der Waals surface area contributed by atoms with Crippen molar-refractivity contribution in [2.75, 3.05) is 4.72 Å². The summed E-state index contributed by atoms with van der Waals surface area (Å²) in [5, 5.41) is 4.22. The van der Waals surface area contributed by atoms with Crippen LogP contribution >= 0.6 is 11.6 Å². The lowest BCUT2D eigenvalue weighted by molar-refractivity contribution is 0.599. The molecule has 0 fully saturated rings. The minimum atomic E-state index is -3.75. The molecule has 1 N–H and O–H groups in total. The van der Waals surface area contributed by atoms with Gasteiger partial charge in [-0.3, -0.25) is 9.40 Å². The lowest BCUT2D eigenvalue weighted by Crippen LogP contribution is -2.15. The summed E-state index contributed by atoms with van der Waals surface area (Å²) >= 11 is 5.92. The van der Waals surface area contributed by atoms with Gasteiger partial charge in [0, 0.05) is 13.2 Å². The van der Waals surface area contributed by atoms with Crippen LogP contribution in [0, 0.1) is 20.8 Å². The molecule has 0 aliphatic heterocycles. The quantitative estimate of drug-likeness (QED) is 0.881. The highest BCUT2D eigenvalue weighted by atomic mass is 35.5. The number of aromatic nitrogens is 3. The van der Waals surface area contributed by atoms with Crippen LogP contribution in [0.5, 0.6) is 0 Å². The highest BCUT2D eigenvalue weighted by Crippen LogP contribution is 2.26. The van der Waals surface area contributed by atoms with Crippen LogP contribution in [0.15, 0.2) is 17.2 Å². The molecule has 0 amide bonds. The molecule has 0 atom stereocenters. The summed E-state index contributed by atoms with van der Waals surface area (Å²) in [7, 11) is -2.05. The predicted molar refractivity (Wildman–Crippen MR) is 77.5 cm³/mol. The minimum Gasteiger partial charge on any atom is -0.276 e. The van der Waals surface area contributed by atoms with Crippen molar-refractivity contribution in [1.29, 1.82) is 0 Å². The molecule has 108 valence electrons. The van der Waals surface area contributed by atoms with E-state index in [1.165, 1.54) is 4.68 Å². The molecule has 0 saturated carbocycles. The molecule has 8 heteroatoms. The van der Waals surface area contributed by atoms with E-state index in [9.17, 15) is 8.42 Å². The molecular formula is C12H15ClN4O2S. The zero-order valence-electron chi connectivity index (χ0n) is 11.6. The van der Waals surface area contributed by atoms with E-state index in [0.717, 1.165) is 5.56 Å². The molecule has 0 unspecified atom stereocenters. The average Bonchev–Trinajstić information content (AvgIpc) is 2.58. The van der Waals surface area contributed by atoms with Crippen LogP contribution in [0.4, 0.5) is 5.69 Å². The van der Waals surface area contributed by atoms with Crippen molar-refractivity contribution in [2.45, 2.75) is 25.7 Å². The standard InChI is InChI=1S/C12H15ClN4O2S/c1-7-5-10(12(13)14-6-7)16-20(18,19)11-8(2)15-17(4)9(11)3/h5-6,16H,1-4H3. The van der Waals surface area contributed by atoms with Gasteiger partial charge in [0.15, 0.2) is 5.15 Å². The van der Waals surface area contributed by atoms with E-state index in [0.29, 0.717) is 11.4 Å². The topological polar surface area (TPSA) is 76.9 Å². The van der Waals surface area contributed by atoms with Crippen molar-refractivity contribution in [3.63, 3.8) is 0 Å². The number of rotatable bonds is 3. The van der Waals surface area contributed by atoms with Crippen molar-refractivity contribution in [3.05, 3.63) is 34.4 Å². The van der Waals surface area contributed by atoms with Gasteiger partial charge in [0.2, 0.25) is 0 Å². The largest absolute Gasteiger partial charge is 0.276 e. The molecule has 2 rings (SSSR count). The Bertz CT molecular complexity index is 768. The van der Waals surface area contributed by atoms with Gasteiger partial charge in [-0.25, -0.2) is 13.4 Å². The van der Waals surface area contributed by atoms with E-state index in [4.69, 9.17) is 11.6 Å². The normalized spacial score (nSPS) is 11.7. The van der Waals surface area contributed by atoms with Crippen LogP contribution in [0.1, 0.15) is 17.0 Å². The number of sulfonamides is 1. The Kier molecular flexibility index (Phi) is 3.75. The van der Waals surface area contributed by atoms with Gasteiger partial charge < -0.3 is 0 Å². The number of hydrogen-bond acceptors (Lipinski definition) is 4. The first-order valence-corrected chi connectivity index (χ1v) is 7.73. The fraction of sp³-hybridized carbons (Fsp3) is 0.333. The van der Waals surface area contributed by atoms with Crippen molar-refractivity contribution in [3.8, 4) is 0 Å². The molecule has 0 spiro atoms. The molecule has 0 aliphatic carbocycles.